The van der Waals surface area contributed by atoms with Gasteiger partial charge in [-0.25, -0.2) is 0 Å². The molecule has 0 radical (unpaired) electrons. The normalized spacial score (nSPS) is 17.5. The van der Waals surface area contributed by atoms with Gasteiger partial charge in [0.1, 0.15) is 0 Å². The number of hydrogen-bond acceptors (Lipinski definition) is 4. The highest BCUT2D eigenvalue weighted by Gasteiger charge is 2.33. The van der Waals surface area contributed by atoms with Crippen LogP contribution in [0, 0.1) is 0 Å². The van der Waals surface area contributed by atoms with Crippen molar-refractivity contribution in [1.29, 1.82) is 0 Å². The first kappa shape index (κ1) is 12.2. The Bertz CT molecular complexity index is 388. The Morgan fingerprint density at radius 3 is 2.71 bits per heavy atom. The van der Waals surface area contributed by atoms with Crippen molar-refractivity contribution < 1.29 is 14.9 Å². The van der Waals surface area contributed by atoms with Gasteiger partial charge in [-0.2, -0.15) is 0 Å². The maximum absolute atomic E-state index is 9.89. The summed E-state index contributed by atoms with van der Waals surface area (Å²) in [5.41, 5.74) is 0.473. The highest BCUT2D eigenvalue weighted by molar-refractivity contribution is 5.41. The van der Waals surface area contributed by atoms with Crippen molar-refractivity contribution in [3.05, 3.63) is 23.8 Å². The van der Waals surface area contributed by atoms with Gasteiger partial charge in [0.2, 0.25) is 0 Å². The summed E-state index contributed by atoms with van der Waals surface area (Å²) >= 11 is 0. The van der Waals surface area contributed by atoms with Gasteiger partial charge in [-0.1, -0.05) is 6.07 Å². The van der Waals surface area contributed by atoms with E-state index in [0.29, 0.717) is 18.8 Å². The lowest BCUT2D eigenvalue weighted by molar-refractivity contribution is -0.0314. The van der Waals surface area contributed by atoms with Gasteiger partial charge < -0.3 is 20.3 Å². The molecule has 0 spiro atoms. The van der Waals surface area contributed by atoms with Crippen LogP contribution in [0.2, 0.25) is 0 Å². The molecular weight excluding hydrogens is 218 g/mol. The average molecular weight is 237 g/mol. The largest absolute Gasteiger partial charge is 0.504 e. The summed E-state index contributed by atoms with van der Waals surface area (Å²) in [5, 5.41) is 22.7. The molecule has 1 saturated carbocycles. The maximum atomic E-state index is 9.89. The molecule has 0 saturated heterocycles. The van der Waals surface area contributed by atoms with Crippen molar-refractivity contribution in [3.8, 4) is 11.5 Å². The summed E-state index contributed by atoms with van der Waals surface area (Å²) in [5.74, 6) is 0.625. The summed E-state index contributed by atoms with van der Waals surface area (Å²) in [4.78, 5) is 0. The molecule has 0 atom stereocenters. The fraction of sp³-hybridized carbons (Fsp3) is 0.538. The minimum absolute atomic E-state index is 0.147. The summed E-state index contributed by atoms with van der Waals surface area (Å²) in [6.07, 6.45) is 2.88. The molecule has 1 aliphatic rings. The van der Waals surface area contributed by atoms with Gasteiger partial charge in [-0.05, 0) is 37.0 Å². The molecule has 1 aliphatic carbocycles. The Morgan fingerprint density at radius 2 is 2.18 bits per heavy atom. The second-order valence-electron chi connectivity index (χ2n) is 4.69. The fourth-order valence-electron chi connectivity index (χ4n) is 2.05. The van der Waals surface area contributed by atoms with Crippen molar-refractivity contribution >= 4 is 0 Å². The van der Waals surface area contributed by atoms with E-state index in [4.69, 9.17) is 4.74 Å². The molecule has 17 heavy (non-hydrogen) atoms. The van der Waals surface area contributed by atoms with E-state index < -0.39 is 5.60 Å². The molecule has 0 bridgehead atoms. The number of phenols is 1. The molecule has 1 aromatic carbocycles. The van der Waals surface area contributed by atoms with Crippen LogP contribution >= 0.6 is 0 Å². The Kier molecular flexibility index (Phi) is 3.54. The fourth-order valence-corrected chi connectivity index (χ4v) is 2.05. The van der Waals surface area contributed by atoms with Gasteiger partial charge in [0.05, 0.1) is 12.7 Å². The molecule has 0 amide bonds. The number of methoxy groups -OCH3 is 1. The Morgan fingerprint density at radius 1 is 1.41 bits per heavy atom. The number of ether oxygens (including phenoxy) is 1. The van der Waals surface area contributed by atoms with Crippen LogP contribution in [0.1, 0.15) is 24.8 Å². The van der Waals surface area contributed by atoms with Crippen LogP contribution in [0.15, 0.2) is 18.2 Å². The van der Waals surface area contributed by atoms with E-state index in [0.717, 1.165) is 24.8 Å². The molecule has 0 heterocycles. The Hall–Kier alpha value is -1.26. The van der Waals surface area contributed by atoms with E-state index in [1.165, 1.54) is 7.11 Å². The van der Waals surface area contributed by atoms with Crippen LogP contribution in [-0.4, -0.2) is 29.5 Å². The van der Waals surface area contributed by atoms with Crippen LogP contribution in [0.4, 0.5) is 0 Å². The van der Waals surface area contributed by atoms with Crippen molar-refractivity contribution in [2.75, 3.05) is 13.7 Å². The number of phenolic OH excluding ortho intramolecular Hbond substituents is 1. The predicted molar refractivity (Wildman–Crippen MR) is 65.2 cm³/mol. The first-order valence-corrected chi connectivity index (χ1v) is 5.92. The number of rotatable bonds is 5. The van der Waals surface area contributed by atoms with E-state index in [1.807, 2.05) is 6.07 Å². The van der Waals surface area contributed by atoms with Gasteiger partial charge in [-0.15, -0.1) is 0 Å². The molecule has 0 aliphatic heterocycles. The van der Waals surface area contributed by atoms with Crippen LogP contribution in [0.25, 0.3) is 0 Å². The number of aromatic hydroxyl groups is 1. The SMILES string of the molecule is COc1ccc(CNCC2(O)CCC2)cc1O. The summed E-state index contributed by atoms with van der Waals surface area (Å²) in [6.45, 7) is 1.25. The molecular formula is C13H19NO3. The monoisotopic (exact) mass is 237 g/mol. The minimum atomic E-state index is -0.505. The highest BCUT2D eigenvalue weighted by Crippen LogP contribution is 2.31. The molecule has 1 fully saturated rings. The predicted octanol–water partition coefficient (Wildman–Crippen LogP) is 1.41. The third-order valence-corrected chi connectivity index (χ3v) is 3.31. The van der Waals surface area contributed by atoms with Crippen molar-refractivity contribution in [2.24, 2.45) is 0 Å². The van der Waals surface area contributed by atoms with Crippen molar-refractivity contribution in [2.45, 2.75) is 31.4 Å². The third-order valence-electron chi connectivity index (χ3n) is 3.31. The van der Waals surface area contributed by atoms with E-state index in [2.05, 4.69) is 5.32 Å². The summed E-state index contributed by atoms with van der Waals surface area (Å²) in [6, 6.07) is 5.32. The Balaban J connectivity index is 1.84. The van der Waals surface area contributed by atoms with E-state index in [1.54, 1.807) is 12.1 Å². The number of nitrogens with one attached hydrogen (secondary N) is 1. The first-order valence-electron chi connectivity index (χ1n) is 5.92. The Labute approximate surface area is 101 Å². The van der Waals surface area contributed by atoms with Crippen LogP contribution in [-0.2, 0) is 6.54 Å². The number of benzene rings is 1. The minimum Gasteiger partial charge on any atom is -0.504 e. The summed E-state index contributed by atoms with van der Waals surface area (Å²) < 4.78 is 4.97. The molecule has 0 unspecified atom stereocenters. The van der Waals surface area contributed by atoms with Crippen molar-refractivity contribution in [3.63, 3.8) is 0 Å². The number of aliphatic hydroxyl groups is 1. The molecule has 3 N–H and O–H groups in total. The van der Waals surface area contributed by atoms with E-state index in [9.17, 15) is 10.2 Å². The third kappa shape index (κ3) is 2.90. The zero-order chi connectivity index (χ0) is 12.3. The van der Waals surface area contributed by atoms with Crippen LogP contribution in [0.3, 0.4) is 0 Å². The van der Waals surface area contributed by atoms with E-state index >= 15 is 0 Å². The van der Waals surface area contributed by atoms with Crippen molar-refractivity contribution in [1.82, 2.24) is 5.32 Å². The zero-order valence-corrected chi connectivity index (χ0v) is 10.1. The highest BCUT2D eigenvalue weighted by atomic mass is 16.5. The number of hydrogen-bond donors (Lipinski definition) is 3. The molecule has 0 aromatic heterocycles. The topological polar surface area (TPSA) is 61.7 Å². The maximum Gasteiger partial charge on any atom is 0.160 e. The quantitative estimate of drug-likeness (QED) is 0.724. The van der Waals surface area contributed by atoms with Gasteiger partial charge in [-0.3, -0.25) is 0 Å². The van der Waals surface area contributed by atoms with Crippen LogP contribution in [0.5, 0.6) is 11.5 Å². The molecule has 2 rings (SSSR count). The zero-order valence-electron chi connectivity index (χ0n) is 10.1. The first-order chi connectivity index (χ1) is 8.13. The van der Waals surface area contributed by atoms with Gasteiger partial charge in [0.25, 0.3) is 0 Å². The second-order valence-corrected chi connectivity index (χ2v) is 4.69. The molecule has 1 aromatic rings. The van der Waals surface area contributed by atoms with E-state index in [-0.39, 0.29) is 5.75 Å². The molecule has 4 heteroatoms. The lowest BCUT2D eigenvalue weighted by Crippen LogP contribution is -2.45. The second kappa shape index (κ2) is 4.94. The standard InChI is InChI=1S/C13H19NO3/c1-17-12-4-3-10(7-11(12)15)8-14-9-13(16)5-2-6-13/h3-4,7,14-16H,2,5-6,8-9H2,1H3. The lowest BCUT2D eigenvalue weighted by Gasteiger charge is -2.36. The van der Waals surface area contributed by atoms with Gasteiger partial charge in [0, 0.05) is 13.1 Å². The average Bonchev–Trinajstić information content (AvgIpc) is 2.27. The van der Waals surface area contributed by atoms with Crippen LogP contribution < -0.4 is 10.1 Å². The smallest absolute Gasteiger partial charge is 0.160 e. The van der Waals surface area contributed by atoms with Gasteiger partial charge >= 0.3 is 0 Å². The summed E-state index contributed by atoms with van der Waals surface area (Å²) in [7, 11) is 1.53. The lowest BCUT2D eigenvalue weighted by atomic mass is 9.80. The molecule has 94 valence electrons. The molecule has 4 nitrogen and oxygen atoms in total. The van der Waals surface area contributed by atoms with Gasteiger partial charge in [0.15, 0.2) is 11.5 Å².